The summed E-state index contributed by atoms with van der Waals surface area (Å²) in [7, 11) is 0. The van der Waals surface area contributed by atoms with E-state index in [9.17, 15) is 4.79 Å². The molecule has 2 aromatic carbocycles. The molecular formula is C19H22N2O2. The fourth-order valence-corrected chi connectivity index (χ4v) is 2.95. The zero-order valence-electron chi connectivity index (χ0n) is 13.4. The Kier molecular flexibility index (Phi) is 4.81. The number of fused-ring (bicyclic) bond motifs is 1. The van der Waals surface area contributed by atoms with Crippen molar-refractivity contribution in [2.24, 2.45) is 0 Å². The molecule has 1 heterocycles. The molecule has 0 saturated heterocycles. The zero-order valence-corrected chi connectivity index (χ0v) is 13.4. The molecule has 0 aromatic heterocycles. The molecule has 23 heavy (non-hydrogen) atoms. The van der Waals surface area contributed by atoms with Gasteiger partial charge in [-0.3, -0.25) is 4.79 Å². The lowest BCUT2D eigenvalue weighted by atomic mass is 10.0. The first kappa shape index (κ1) is 15.4. The molecule has 0 aliphatic carbocycles. The average Bonchev–Trinajstić information content (AvgIpc) is 2.57. The number of carbonyl (C=O) groups is 1. The SMILES string of the molecule is CCOc1ccc(NC(=O)CN2CCCc3ccccc32)cc1. The Morgan fingerprint density at radius 3 is 2.74 bits per heavy atom. The largest absolute Gasteiger partial charge is 0.494 e. The van der Waals surface area contributed by atoms with Crippen molar-refractivity contribution in [1.29, 1.82) is 0 Å². The summed E-state index contributed by atoms with van der Waals surface area (Å²) in [5.74, 6) is 0.821. The van der Waals surface area contributed by atoms with E-state index in [1.807, 2.05) is 37.3 Å². The molecule has 1 N–H and O–H groups in total. The van der Waals surface area contributed by atoms with Gasteiger partial charge >= 0.3 is 0 Å². The summed E-state index contributed by atoms with van der Waals surface area (Å²) in [6, 6.07) is 15.8. The monoisotopic (exact) mass is 310 g/mol. The van der Waals surface area contributed by atoms with Crippen LogP contribution < -0.4 is 15.0 Å². The van der Waals surface area contributed by atoms with Crippen molar-refractivity contribution in [2.75, 3.05) is 29.9 Å². The van der Waals surface area contributed by atoms with E-state index in [1.54, 1.807) is 0 Å². The van der Waals surface area contributed by atoms with Crippen LogP contribution in [-0.4, -0.2) is 25.6 Å². The van der Waals surface area contributed by atoms with Crippen molar-refractivity contribution in [3.8, 4) is 5.75 Å². The molecule has 1 aliphatic heterocycles. The normalized spacial score (nSPS) is 13.3. The highest BCUT2D eigenvalue weighted by Gasteiger charge is 2.18. The van der Waals surface area contributed by atoms with Gasteiger partial charge in [0.2, 0.25) is 5.91 Å². The standard InChI is InChI=1S/C19H22N2O2/c1-2-23-17-11-9-16(10-12-17)20-19(22)14-21-13-5-7-15-6-3-4-8-18(15)21/h3-4,6,8-12H,2,5,7,13-14H2,1H3,(H,20,22). The summed E-state index contributed by atoms with van der Waals surface area (Å²) in [5, 5.41) is 2.95. The first-order valence-electron chi connectivity index (χ1n) is 8.12. The molecule has 0 fully saturated rings. The van der Waals surface area contributed by atoms with Crippen molar-refractivity contribution in [3.63, 3.8) is 0 Å². The van der Waals surface area contributed by atoms with E-state index in [1.165, 1.54) is 11.3 Å². The lowest BCUT2D eigenvalue weighted by Crippen LogP contribution is -2.36. The van der Waals surface area contributed by atoms with Gasteiger partial charge in [0.15, 0.2) is 0 Å². The summed E-state index contributed by atoms with van der Waals surface area (Å²) < 4.78 is 5.41. The van der Waals surface area contributed by atoms with E-state index in [0.717, 1.165) is 30.8 Å². The van der Waals surface area contributed by atoms with Gasteiger partial charge in [-0.05, 0) is 55.7 Å². The van der Waals surface area contributed by atoms with E-state index >= 15 is 0 Å². The number of nitrogens with one attached hydrogen (secondary N) is 1. The van der Waals surface area contributed by atoms with Gasteiger partial charge in [0.1, 0.15) is 5.75 Å². The second-order valence-electron chi connectivity index (χ2n) is 5.66. The highest BCUT2D eigenvalue weighted by atomic mass is 16.5. The number of carbonyl (C=O) groups excluding carboxylic acids is 1. The lowest BCUT2D eigenvalue weighted by molar-refractivity contribution is -0.115. The molecule has 4 heteroatoms. The van der Waals surface area contributed by atoms with Gasteiger partial charge in [-0.15, -0.1) is 0 Å². The summed E-state index contributed by atoms with van der Waals surface area (Å²) >= 11 is 0. The van der Waals surface area contributed by atoms with Crippen LogP contribution in [-0.2, 0) is 11.2 Å². The smallest absolute Gasteiger partial charge is 0.243 e. The number of anilines is 2. The molecular weight excluding hydrogens is 288 g/mol. The Morgan fingerprint density at radius 2 is 1.96 bits per heavy atom. The number of hydrogen-bond donors (Lipinski definition) is 1. The van der Waals surface area contributed by atoms with Crippen LogP contribution in [0, 0.1) is 0 Å². The fourth-order valence-electron chi connectivity index (χ4n) is 2.95. The second-order valence-corrected chi connectivity index (χ2v) is 5.66. The van der Waals surface area contributed by atoms with Crippen LogP contribution in [0.25, 0.3) is 0 Å². The van der Waals surface area contributed by atoms with Crippen molar-refractivity contribution >= 4 is 17.3 Å². The first-order valence-corrected chi connectivity index (χ1v) is 8.12. The highest BCUT2D eigenvalue weighted by Crippen LogP contribution is 2.26. The van der Waals surface area contributed by atoms with Crippen molar-refractivity contribution in [2.45, 2.75) is 19.8 Å². The predicted molar refractivity (Wildman–Crippen MR) is 93.2 cm³/mol. The number of aryl methyl sites for hydroxylation is 1. The minimum atomic E-state index is 0.00543. The quantitative estimate of drug-likeness (QED) is 0.919. The number of nitrogens with zero attached hydrogens (tertiary/aromatic N) is 1. The molecule has 0 bridgehead atoms. The zero-order chi connectivity index (χ0) is 16.1. The van der Waals surface area contributed by atoms with Crippen LogP contribution in [0.3, 0.4) is 0 Å². The topological polar surface area (TPSA) is 41.6 Å². The van der Waals surface area contributed by atoms with Gasteiger partial charge in [-0.25, -0.2) is 0 Å². The Morgan fingerprint density at radius 1 is 1.17 bits per heavy atom. The van der Waals surface area contributed by atoms with Gasteiger partial charge in [-0.1, -0.05) is 18.2 Å². The molecule has 3 rings (SSSR count). The molecule has 0 radical (unpaired) electrons. The van der Waals surface area contributed by atoms with Gasteiger partial charge in [0.25, 0.3) is 0 Å². The lowest BCUT2D eigenvalue weighted by Gasteiger charge is -2.30. The van der Waals surface area contributed by atoms with E-state index in [0.29, 0.717) is 13.2 Å². The molecule has 1 amide bonds. The molecule has 120 valence electrons. The summed E-state index contributed by atoms with van der Waals surface area (Å²) in [6.07, 6.45) is 2.18. The molecule has 2 aromatic rings. The Bertz CT molecular complexity index is 667. The predicted octanol–water partition coefficient (Wildman–Crippen LogP) is 3.48. The van der Waals surface area contributed by atoms with E-state index in [2.05, 4.69) is 28.4 Å². The summed E-state index contributed by atoms with van der Waals surface area (Å²) in [6.45, 7) is 3.89. The number of rotatable bonds is 5. The Balaban J connectivity index is 1.62. The fraction of sp³-hybridized carbons (Fsp3) is 0.316. The molecule has 0 atom stereocenters. The van der Waals surface area contributed by atoms with Crippen LogP contribution in [0.2, 0.25) is 0 Å². The van der Waals surface area contributed by atoms with Crippen molar-refractivity contribution in [3.05, 3.63) is 54.1 Å². The summed E-state index contributed by atoms with van der Waals surface area (Å²) in [5.41, 5.74) is 3.30. The van der Waals surface area contributed by atoms with E-state index in [4.69, 9.17) is 4.74 Å². The maximum atomic E-state index is 12.3. The Labute approximate surface area is 137 Å². The number of hydrogen-bond acceptors (Lipinski definition) is 3. The van der Waals surface area contributed by atoms with Gasteiger partial charge in [0, 0.05) is 17.9 Å². The van der Waals surface area contributed by atoms with Crippen LogP contribution in [0.4, 0.5) is 11.4 Å². The van der Waals surface area contributed by atoms with Crippen molar-refractivity contribution in [1.82, 2.24) is 0 Å². The number of ether oxygens (including phenoxy) is 1. The van der Waals surface area contributed by atoms with Gasteiger partial charge in [0.05, 0.1) is 13.2 Å². The molecule has 0 saturated carbocycles. The maximum absolute atomic E-state index is 12.3. The molecule has 0 unspecified atom stereocenters. The third-order valence-electron chi connectivity index (χ3n) is 3.99. The number of benzene rings is 2. The van der Waals surface area contributed by atoms with Crippen LogP contribution in [0.15, 0.2) is 48.5 Å². The van der Waals surface area contributed by atoms with Crippen molar-refractivity contribution < 1.29 is 9.53 Å². The number of para-hydroxylation sites is 1. The van der Waals surface area contributed by atoms with Gasteiger partial charge < -0.3 is 15.0 Å². The van der Waals surface area contributed by atoms with E-state index in [-0.39, 0.29) is 5.91 Å². The van der Waals surface area contributed by atoms with Crippen LogP contribution in [0.1, 0.15) is 18.9 Å². The van der Waals surface area contributed by atoms with Gasteiger partial charge in [-0.2, -0.15) is 0 Å². The third-order valence-corrected chi connectivity index (χ3v) is 3.99. The molecule has 1 aliphatic rings. The summed E-state index contributed by atoms with van der Waals surface area (Å²) in [4.78, 5) is 14.5. The highest BCUT2D eigenvalue weighted by molar-refractivity contribution is 5.94. The van der Waals surface area contributed by atoms with Crippen LogP contribution in [0.5, 0.6) is 5.75 Å². The minimum Gasteiger partial charge on any atom is -0.494 e. The van der Waals surface area contributed by atoms with E-state index < -0.39 is 0 Å². The molecule has 4 nitrogen and oxygen atoms in total. The number of amides is 1. The third kappa shape index (κ3) is 3.83. The maximum Gasteiger partial charge on any atom is 0.243 e. The molecule has 0 spiro atoms. The van der Waals surface area contributed by atoms with Crippen LogP contribution >= 0.6 is 0 Å². The first-order chi connectivity index (χ1) is 11.3. The second kappa shape index (κ2) is 7.18. The minimum absolute atomic E-state index is 0.00543. The average molecular weight is 310 g/mol. The Hall–Kier alpha value is -2.49.